The van der Waals surface area contributed by atoms with Gasteiger partial charge in [0.15, 0.2) is 0 Å². The molecule has 0 unspecified atom stereocenters. The first-order valence-corrected chi connectivity index (χ1v) is 5.97. The van der Waals surface area contributed by atoms with E-state index < -0.39 is 0 Å². The number of nitrogens with zero attached hydrogens (tertiary/aromatic N) is 3. The minimum atomic E-state index is 1.06. The highest BCUT2D eigenvalue weighted by atomic mass is 15.2. The van der Waals surface area contributed by atoms with Gasteiger partial charge in [-0.05, 0) is 18.2 Å². The molecule has 1 aromatic heterocycles. The van der Waals surface area contributed by atoms with Gasteiger partial charge in [0.2, 0.25) is 0 Å². The van der Waals surface area contributed by atoms with Crippen molar-refractivity contribution >= 4 is 5.69 Å². The van der Waals surface area contributed by atoms with Crippen molar-refractivity contribution in [1.82, 2.24) is 14.9 Å². The van der Waals surface area contributed by atoms with Gasteiger partial charge in [0, 0.05) is 49.9 Å². The Balaban J connectivity index is 1.88. The van der Waals surface area contributed by atoms with Crippen LogP contribution < -0.4 is 10.2 Å². The van der Waals surface area contributed by atoms with E-state index in [0.29, 0.717) is 0 Å². The molecule has 17 heavy (non-hydrogen) atoms. The molecule has 3 rings (SSSR count). The average Bonchev–Trinajstić information content (AvgIpc) is 2.94. The van der Waals surface area contributed by atoms with Crippen LogP contribution in [0, 0.1) is 0 Å². The molecule has 2 aromatic rings. The van der Waals surface area contributed by atoms with E-state index in [1.165, 1.54) is 11.4 Å². The summed E-state index contributed by atoms with van der Waals surface area (Å²) in [5.41, 5.74) is 2.45. The Hall–Kier alpha value is -1.81. The molecule has 0 spiro atoms. The van der Waals surface area contributed by atoms with Crippen LogP contribution in [0.4, 0.5) is 5.69 Å². The highest BCUT2D eigenvalue weighted by Gasteiger charge is 2.10. The lowest BCUT2D eigenvalue weighted by Crippen LogP contribution is -2.43. The van der Waals surface area contributed by atoms with Crippen LogP contribution in [0.25, 0.3) is 5.69 Å². The topological polar surface area (TPSA) is 33.1 Å². The maximum atomic E-state index is 4.08. The third-order valence-electron chi connectivity index (χ3n) is 3.11. The van der Waals surface area contributed by atoms with Gasteiger partial charge in [-0.25, -0.2) is 4.98 Å². The number of imidazole rings is 1. The van der Waals surface area contributed by atoms with Crippen molar-refractivity contribution in [3.8, 4) is 5.69 Å². The third kappa shape index (κ3) is 2.17. The molecule has 1 aliphatic rings. The van der Waals surface area contributed by atoms with Crippen molar-refractivity contribution in [3.63, 3.8) is 0 Å². The van der Waals surface area contributed by atoms with E-state index in [1.807, 2.05) is 17.1 Å². The highest BCUT2D eigenvalue weighted by Crippen LogP contribution is 2.18. The van der Waals surface area contributed by atoms with E-state index in [2.05, 4.69) is 39.5 Å². The molecule has 0 aliphatic carbocycles. The molecule has 88 valence electrons. The summed E-state index contributed by atoms with van der Waals surface area (Å²) in [6.45, 7) is 4.28. The van der Waals surface area contributed by atoms with E-state index in [-0.39, 0.29) is 0 Å². The Morgan fingerprint density at radius 2 is 1.94 bits per heavy atom. The van der Waals surface area contributed by atoms with E-state index in [1.54, 1.807) is 6.20 Å². The molecule has 4 heteroatoms. The van der Waals surface area contributed by atoms with Crippen molar-refractivity contribution in [2.75, 3.05) is 31.1 Å². The second-order valence-corrected chi connectivity index (χ2v) is 4.23. The van der Waals surface area contributed by atoms with Crippen LogP contribution in [0.3, 0.4) is 0 Å². The zero-order valence-corrected chi connectivity index (χ0v) is 9.71. The average molecular weight is 228 g/mol. The quantitative estimate of drug-likeness (QED) is 0.840. The van der Waals surface area contributed by atoms with Crippen LogP contribution in [0.15, 0.2) is 43.0 Å². The van der Waals surface area contributed by atoms with Crippen LogP contribution in [-0.2, 0) is 0 Å². The maximum Gasteiger partial charge on any atom is 0.0991 e. The van der Waals surface area contributed by atoms with Gasteiger partial charge in [-0.15, -0.1) is 0 Å². The zero-order valence-electron chi connectivity index (χ0n) is 9.71. The molecule has 1 saturated heterocycles. The summed E-state index contributed by atoms with van der Waals surface area (Å²) < 4.78 is 2.03. The first-order valence-electron chi connectivity index (χ1n) is 5.97. The minimum absolute atomic E-state index is 1.06. The number of rotatable bonds is 2. The molecule has 0 amide bonds. The maximum absolute atomic E-state index is 4.08. The molecule has 1 aromatic carbocycles. The minimum Gasteiger partial charge on any atom is -0.369 e. The van der Waals surface area contributed by atoms with Gasteiger partial charge in [0.25, 0.3) is 0 Å². The summed E-state index contributed by atoms with van der Waals surface area (Å²) in [5.74, 6) is 0. The van der Waals surface area contributed by atoms with Crippen molar-refractivity contribution in [3.05, 3.63) is 43.0 Å². The smallest absolute Gasteiger partial charge is 0.0991 e. The summed E-state index contributed by atoms with van der Waals surface area (Å²) in [7, 11) is 0. The fourth-order valence-electron chi connectivity index (χ4n) is 2.19. The number of nitrogens with one attached hydrogen (secondary N) is 1. The Morgan fingerprint density at radius 1 is 1.12 bits per heavy atom. The van der Waals surface area contributed by atoms with Crippen molar-refractivity contribution in [2.24, 2.45) is 0 Å². The van der Waals surface area contributed by atoms with Gasteiger partial charge >= 0.3 is 0 Å². The van der Waals surface area contributed by atoms with Gasteiger partial charge in [0.1, 0.15) is 0 Å². The van der Waals surface area contributed by atoms with Crippen LogP contribution in [0.2, 0.25) is 0 Å². The Kier molecular flexibility index (Phi) is 2.80. The standard InChI is InChI=1S/C13H16N4/c1-2-12(16-7-4-14-5-8-16)10-13(3-1)17-9-6-15-11-17/h1-3,6,9-11,14H,4-5,7-8H2. The number of piperazine rings is 1. The molecule has 0 bridgehead atoms. The largest absolute Gasteiger partial charge is 0.369 e. The Labute approximate surface area is 101 Å². The molecular formula is C13H16N4. The lowest BCUT2D eigenvalue weighted by atomic mass is 10.2. The highest BCUT2D eigenvalue weighted by molar-refractivity contribution is 5.53. The number of anilines is 1. The normalized spacial score (nSPS) is 16.1. The van der Waals surface area contributed by atoms with Crippen LogP contribution >= 0.6 is 0 Å². The first-order chi connectivity index (χ1) is 8.43. The summed E-state index contributed by atoms with van der Waals surface area (Å²) in [4.78, 5) is 6.49. The second-order valence-electron chi connectivity index (χ2n) is 4.23. The van der Waals surface area contributed by atoms with Crippen LogP contribution in [0.5, 0.6) is 0 Å². The number of hydrogen-bond acceptors (Lipinski definition) is 3. The summed E-state index contributed by atoms with van der Waals surface area (Å²) in [5, 5.41) is 3.37. The zero-order chi connectivity index (χ0) is 11.5. The second kappa shape index (κ2) is 4.59. The molecule has 2 heterocycles. The van der Waals surface area contributed by atoms with E-state index in [0.717, 1.165) is 26.2 Å². The van der Waals surface area contributed by atoms with Gasteiger partial charge in [-0.2, -0.15) is 0 Å². The number of benzene rings is 1. The molecule has 1 N–H and O–H groups in total. The predicted octanol–water partition coefficient (Wildman–Crippen LogP) is 1.28. The fourth-order valence-corrected chi connectivity index (χ4v) is 2.19. The SMILES string of the molecule is c1cc(N2CCNCC2)cc(-n2ccnc2)c1. The molecule has 0 radical (unpaired) electrons. The number of aromatic nitrogens is 2. The van der Waals surface area contributed by atoms with E-state index >= 15 is 0 Å². The third-order valence-corrected chi connectivity index (χ3v) is 3.11. The van der Waals surface area contributed by atoms with Crippen molar-refractivity contribution < 1.29 is 0 Å². The lowest BCUT2D eigenvalue weighted by Gasteiger charge is -2.29. The van der Waals surface area contributed by atoms with Crippen LogP contribution in [-0.4, -0.2) is 35.7 Å². The van der Waals surface area contributed by atoms with E-state index in [9.17, 15) is 0 Å². The summed E-state index contributed by atoms with van der Waals surface area (Å²) in [6, 6.07) is 8.60. The summed E-state index contributed by atoms with van der Waals surface area (Å²) >= 11 is 0. The van der Waals surface area contributed by atoms with Crippen LogP contribution in [0.1, 0.15) is 0 Å². The van der Waals surface area contributed by atoms with Crippen molar-refractivity contribution in [1.29, 1.82) is 0 Å². The molecular weight excluding hydrogens is 212 g/mol. The van der Waals surface area contributed by atoms with Gasteiger partial charge in [-0.1, -0.05) is 6.07 Å². The van der Waals surface area contributed by atoms with Gasteiger partial charge < -0.3 is 14.8 Å². The number of hydrogen-bond donors (Lipinski definition) is 1. The molecule has 0 saturated carbocycles. The molecule has 0 atom stereocenters. The molecule has 1 fully saturated rings. The Morgan fingerprint density at radius 3 is 2.71 bits per heavy atom. The van der Waals surface area contributed by atoms with E-state index in [4.69, 9.17) is 0 Å². The molecule has 4 nitrogen and oxygen atoms in total. The van der Waals surface area contributed by atoms with Gasteiger partial charge in [-0.3, -0.25) is 0 Å². The fraction of sp³-hybridized carbons (Fsp3) is 0.308. The lowest BCUT2D eigenvalue weighted by molar-refractivity contribution is 0.589. The Bertz CT molecular complexity index is 472. The van der Waals surface area contributed by atoms with Crippen molar-refractivity contribution in [2.45, 2.75) is 0 Å². The summed E-state index contributed by atoms with van der Waals surface area (Å²) in [6.07, 6.45) is 5.60. The predicted molar refractivity (Wildman–Crippen MR) is 68.6 cm³/mol. The monoisotopic (exact) mass is 228 g/mol. The first kappa shape index (κ1) is 10.4. The molecule has 1 aliphatic heterocycles. The van der Waals surface area contributed by atoms with Gasteiger partial charge in [0.05, 0.1) is 6.33 Å².